The maximum Gasteiger partial charge on any atom is 0.460 e. The third-order valence-corrected chi connectivity index (χ3v) is 4.26. The molecular formula is C14H16F13NO6. The molecular weight excluding hydrogens is 525 g/mol. The Balaban J connectivity index is 5.56. The Bertz CT molecular complexity index is 702. The van der Waals surface area contributed by atoms with Gasteiger partial charge in [0, 0.05) is 13.0 Å². The van der Waals surface area contributed by atoms with Gasteiger partial charge < -0.3 is 30.8 Å². The Hall–Kier alpha value is -1.64. The maximum atomic E-state index is 13.5. The van der Waals surface area contributed by atoms with E-state index in [1.54, 1.807) is 0 Å². The molecule has 0 aliphatic rings. The van der Waals surface area contributed by atoms with Gasteiger partial charge in [-0.25, -0.2) is 0 Å². The summed E-state index contributed by atoms with van der Waals surface area (Å²) in [5.74, 6) is -40.0. The average Bonchev–Trinajstić information content (AvgIpc) is 2.69. The van der Waals surface area contributed by atoms with Crippen LogP contribution in [-0.2, 0) is 4.79 Å². The van der Waals surface area contributed by atoms with Crippen LogP contribution >= 0.6 is 0 Å². The van der Waals surface area contributed by atoms with Crippen molar-refractivity contribution in [2.24, 2.45) is 0 Å². The number of halogens is 13. The van der Waals surface area contributed by atoms with Crippen LogP contribution < -0.4 is 5.32 Å². The summed E-state index contributed by atoms with van der Waals surface area (Å²) in [6, 6.07) is 0. The van der Waals surface area contributed by atoms with Crippen molar-refractivity contribution in [2.45, 2.75) is 66.6 Å². The van der Waals surface area contributed by atoms with Crippen LogP contribution in [0.2, 0.25) is 0 Å². The van der Waals surface area contributed by atoms with Crippen LogP contribution in [0, 0.1) is 0 Å². The van der Waals surface area contributed by atoms with E-state index >= 15 is 0 Å². The molecule has 0 rings (SSSR count). The maximum absolute atomic E-state index is 13.5. The van der Waals surface area contributed by atoms with Crippen molar-refractivity contribution in [3.05, 3.63) is 0 Å². The molecule has 4 atom stereocenters. The molecule has 204 valence electrons. The van der Waals surface area contributed by atoms with E-state index in [0.29, 0.717) is 0 Å². The summed E-state index contributed by atoms with van der Waals surface area (Å²) in [7, 11) is 0. The van der Waals surface area contributed by atoms with E-state index in [1.807, 2.05) is 0 Å². The number of carbonyl (C=O) groups excluding carboxylic acids is 1. The summed E-state index contributed by atoms with van der Waals surface area (Å²) in [4.78, 5) is 11.4. The average molecular weight is 541 g/mol. The number of rotatable bonds is 12. The van der Waals surface area contributed by atoms with Gasteiger partial charge in [-0.2, -0.15) is 57.1 Å². The molecule has 0 aliphatic heterocycles. The molecule has 0 spiro atoms. The van der Waals surface area contributed by atoms with Crippen LogP contribution in [0.15, 0.2) is 0 Å². The Labute approximate surface area is 179 Å². The van der Waals surface area contributed by atoms with Crippen molar-refractivity contribution in [1.29, 1.82) is 0 Å². The zero-order chi connectivity index (χ0) is 27.7. The summed E-state index contributed by atoms with van der Waals surface area (Å²) in [5, 5.41) is 46.5. The second-order valence-corrected chi connectivity index (χ2v) is 6.72. The molecule has 0 unspecified atom stereocenters. The SMILES string of the molecule is O=C(NCCC(F)(F)C(F)(F)C(F)(F)C(F)(F)C(F)(F)C(F)(F)F)[C@H](O)[C@@H](O)[C@H](O)[C@H](O)CO. The van der Waals surface area contributed by atoms with Crippen LogP contribution in [-0.4, -0.2) is 105 Å². The van der Waals surface area contributed by atoms with Gasteiger partial charge in [0.05, 0.1) is 6.61 Å². The number of hydrogen-bond donors (Lipinski definition) is 6. The number of hydrogen-bond acceptors (Lipinski definition) is 6. The van der Waals surface area contributed by atoms with Crippen molar-refractivity contribution >= 4 is 5.91 Å². The zero-order valence-electron chi connectivity index (χ0n) is 16.0. The predicted molar refractivity (Wildman–Crippen MR) is 79.5 cm³/mol. The molecule has 0 saturated heterocycles. The van der Waals surface area contributed by atoms with Crippen LogP contribution in [0.5, 0.6) is 0 Å². The number of aliphatic hydroxyl groups is 5. The molecule has 6 N–H and O–H groups in total. The molecule has 20 heteroatoms. The van der Waals surface area contributed by atoms with Gasteiger partial charge >= 0.3 is 35.8 Å². The summed E-state index contributed by atoms with van der Waals surface area (Å²) in [5.41, 5.74) is 0. The van der Waals surface area contributed by atoms with Crippen LogP contribution in [0.3, 0.4) is 0 Å². The van der Waals surface area contributed by atoms with Crippen LogP contribution in [0.25, 0.3) is 0 Å². The molecule has 0 aliphatic carbocycles. The van der Waals surface area contributed by atoms with Gasteiger partial charge in [-0.05, 0) is 0 Å². The fraction of sp³-hybridized carbons (Fsp3) is 0.929. The highest BCUT2D eigenvalue weighted by atomic mass is 19.4. The monoisotopic (exact) mass is 541 g/mol. The van der Waals surface area contributed by atoms with Gasteiger partial charge in [0.15, 0.2) is 6.10 Å². The molecule has 0 radical (unpaired) electrons. The molecule has 0 fully saturated rings. The molecule has 1 amide bonds. The second kappa shape index (κ2) is 10.2. The van der Waals surface area contributed by atoms with Gasteiger partial charge in [-0.15, -0.1) is 0 Å². The van der Waals surface area contributed by atoms with Gasteiger partial charge in [0.1, 0.15) is 18.3 Å². The first kappa shape index (κ1) is 32.4. The topological polar surface area (TPSA) is 130 Å². The van der Waals surface area contributed by atoms with Crippen molar-refractivity contribution < 1.29 is 87.4 Å². The number of aliphatic hydroxyl groups excluding tert-OH is 5. The van der Waals surface area contributed by atoms with Crippen molar-refractivity contribution in [3.8, 4) is 0 Å². The Morgan fingerprint density at radius 2 is 1.09 bits per heavy atom. The van der Waals surface area contributed by atoms with E-state index in [4.69, 9.17) is 10.2 Å². The largest absolute Gasteiger partial charge is 0.460 e. The minimum absolute atomic E-state index is 1.07. The third kappa shape index (κ3) is 5.60. The summed E-state index contributed by atoms with van der Waals surface area (Å²) in [6.45, 7) is -3.18. The fourth-order valence-electron chi connectivity index (χ4n) is 2.08. The summed E-state index contributed by atoms with van der Waals surface area (Å²) in [6.07, 6.45) is -20.5. The summed E-state index contributed by atoms with van der Waals surface area (Å²) < 4.78 is 168. The Morgan fingerprint density at radius 1 is 0.676 bits per heavy atom. The predicted octanol–water partition coefficient (Wildman–Crippen LogP) is 0.667. The lowest BCUT2D eigenvalue weighted by molar-refractivity contribution is -0.440. The Kier molecular flexibility index (Phi) is 9.66. The number of carbonyl (C=O) groups is 1. The second-order valence-electron chi connectivity index (χ2n) is 6.72. The minimum atomic E-state index is -8.07. The van der Waals surface area contributed by atoms with Crippen molar-refractivity contribution in [3.63, 3.8) is 0 Å². The number of nitrogens with one attached hydrogen (secondary N) is 1. The number of amides is 1. The van der Waals surface area contributed by atoms with E-state index in [0.717, 1.165) is 5.32 Å². The minimum Gasteiger partial charge on any atom is -0.394 e. The highest BCUT2D eigenvalue weighted by Crippen LogP contribution is 2.60. The third-order valence-electron chi connectivity index (χ3n) is 4.26. The standard InChI is InChI=1S/C14H16F13NO6/c15-9(16,1-2-28-8(34)7(33)6(32)5(31)4(30)3-29)10(17,18)11(19,20)12(21,22)13(23,24)14(25,26)27/h4-7,29-33H,1-3H2,(H,28,34)/t4-,5-,6+,7-/m1/s1. The fourth-order valence-corrected chi connectivity index (χ4v) is 2.08. The lowest BCUT2D eigenvalue weighted by atomic mass is 9.92. The molecule has 0 aromatic carbocycles. The quantitative estimate of drug-likeness (QED) is 0.202. The van der Waals surface area contributed by atoms with Gasteiger partial charge in [-0.3, -0.25) is 4.79 Å². The lowest BCUT2D eigenvalue weighted by Gasteiger charge is -2.39. The van der Waals surface area contributed by atoms with Gasteiger partial charge in [-0.1, -0.05) is 0 Å². The first-order valence-electron chi connectivity index (χ1n) is 8.41. The molecule has 7 nitrogen and oxygen atoms in total. The zero-order valence-corrected chi connectivity index (χ0v) is 16.0. The first-order chi connectivity index (χ1) is 14.8. The summed E-state index contributed by atoms with van der Waals surface area (Å²) >= 11 is 0. The van der Waals surface area contributed by atoms with Gasteiger partial charge in [0.2, 0.25) is 0 Å². The first-order valence-corrected chi connectivity index (χ1v) is 8.41. The highest BCUT2D eigenvalue weighted by Gasteiger charge is 2.90. The van der Waals surface area contributed by atoms with Crippen LogP contribution in [0.1, 0.15) is 6.42 Å². The van der Waals surface area contributed by atoms with Crippen molar-refractivity contribution in [1.82, 2.24) is 5.32 Å². The molecule has 0 aromatic rings. The van der Waals surface area contributed by atoms with E-state index in [2.05, 4.69) is 0 Å². The lowest BCUT2D eigenvalue weighted by Crippen LogP contribution is -2.70. The normalized spacial score (nSPS) is 18.3. The molecule has 0 bridgehead atoms. The number of alkyl halides is 13. The van der Waals surface area contributed by atoms with E-state index in [9.17, 15) is 77.2 Å². The van der Waals surface area contributed by atoms with Gasteiger partial charge in [0.25, 0.3) is 5.91 Å². The van der Waals surface area contributed by atoms with E-state index in [-0.39, 0.29) is 0 Å². The Morgan fingerprint density at radius 3 is 1.47 bits per heavy atom. The highest BCUT2D eigenvalue weighted by molar-refractivity contribution is 5.81. The van der Waals surface area contributed by atoms with E-state index < -0.39 is 85.7 Å². The molecule has 0 heterocycles. The van der Waals surface area contributed by atoms with Crippen molar-refractivity contribution in [2.75, 3.05) is 13.2 Å². The van der Waals surface area contributed by atoms with E-state index in [1.165, 1.54) is 0 Å². The molecule has 0 saturated carbocycles. The smallest absolute Gasteiger partial charge is 0.394 e. The van der Waals surface area contributed by atoms with Crippen LogP contribution in [0.4, 0.5) is 57.1 Å². The molecule has 34 heavy (non-hydrogen) atoms. The molecule has 0 aromatic heterocycles.